The average molecular weight is 841 g/mol. The molecule has 1 aliphatic heterocycles. The highest BCUT2D eigenvalue weighted by Crippen LogP contribution is 2.77. The highest BCUT2D eigenvalue weighted by Gasteiger charge is 2.88. The number of allylic oxidation sites excluding steroid dienone is 2. The van der Waals surface area contributed by atoms with Gasteiger partial charge in [0.15, 0.2) is 10.1 Å². The van der Waals surface area contributed by atoms with Crippen LogP contribution in [0.2, 0.25) is 10.0 Å². The van der Waals surface area contributed by atoms with Crippen molar-refractivity contribution < 1.29 is 33.6 Å². The lowest BCUT2D eigenvalue weighted by molar-refractivity contribution is -0.384. The molecule has 11 nitrogen and oxygen atoms in total. The summed E-state index contributed by atoms with van der Waals surface area (Å²) in [6.45, 7) is -0.900. The molecule has 1 saturated heterocycles. The van der Waals surface area contributed by atoms with Gasteiger partial charge in [-0.3, -0.25) is 29.3 Å². The molecule has 0 spiro atoms. The minimum atomic E-state index is -2.24. The Balaban J connectivity index is 1.30. The van der Waals surface area contributed by atoms with Crippen molar-refractivity contribution >= 4 is 128 Å². The molecular weight excluding hydrogens is 826 g/mol. The number of carbonyl (C=O) groups is 5. The first-order chi connectivity index (χ1) is 23.4. The first-order valence-electron chi connectivity index (χ1n) is 13.9. The number of ketones is 1. The van der Waals surface area contributed by atoms with Crippen molar-refractivity contribution in [2.45, 2.75) is 14.1 Å². The SMILES string of the molecule is O=C(CN(C(=O)c1ccc(Cl)cc1Cl)N1C(=O)[C@H]2[C@H](C1=O)[C@@]1(Cl)C(Cl)=C(Cl)[C@@]2(Cl)C1(Cl)Cl)c1ccc(OC(=O)c2ccc([N+](=O)[O-])cc2)cc1. The summed E-state index contributed by atoms with van der Waals surface area (Å²) < 4.78 is 3.05. The second-order valence-corrected chi connectivity index (χ2v) is 15.3. The van der Waals surface area contributed by atoms with E-state index in [4.69, 9.17) is 97.5 Å². The highest BCUT2D eigenvalue weighted by molar-refractivity contribution is 6.67. The molecule has 2 aliphatic carbocycles. The van der Waals surface area contributed by atoms with E-state index in [0.717, 1.165) is 12.1 Å². The number of halogens is 8. The third-order valence-corrected chi connectivity index (χ3v) is 13.3. The largest absolute Gasteiger partial charge is 0.423 e. The molecule has 258 valence electrons. The molecule has 19 heteroatoms. The van der Waals surface area contributed by atoms with Gasteiger partial charge in [0, 0.05) is 22.7 Å². The van der Waals surface area contributed by atoms with Gasteiger partial charge in [-0.05, 0) is 54.6 Å². The van der Waals surface area contributed by atoms with E-state index in [0.29, 0.717) is 10.0 Å². The molecule has 3 aromatic rings. The second kappa shape index (κ2) is 12.8. The maximum atomic E-state index is 14.1. The van der Waals surface area contributed by atoms with Crippen LogP contribution in [0.15, 0.2) is 76.8 Å². The van der Waals surface area contributed by atoms with Crippen LogP contribution >= 0.6 is 92.8 Å². The molecule has 0 unspecified atom stereocenters. The van der Waals surface area contributed by atoms with Crippen LogP contribution in [0.3, 0.4) is 0 Å². The Labute approximate surface area is 321 Å². The number of fused-ring (bicyclic) bond motifs is 5. The molecular formula is C31H15Cl8N3O8. The Morgan fingerprint density at radius 2 is 1.32 bits per heavy atom. The molecule has 3 amide bonds. The van der Waals surface area contributed by atoms with Gasteiger partial charge < -0.3 is 4.74 Å². The zero-order valence-electron chi connectivity index (χ0n) is 24.3. The van der Waals surface area contributed by atoms with Gasteiger partial charge in [-0.2, -0.15) is 5.01 Å². The number of ether oxygens (including phenoxy) is 1. The van der Waals surface area contributed by atoms with Gasteiger partial charge >= 0.3 is 5.97 Å². The van der Waals surface area contributed by atoms with Crippen molar-refractivity contribution in [3.8, 4) is 5.75 Å². The van der Waals surface area contributed by atoms with E-state index in [2.05, 4.69) is 0 Å². The number of hydrogen-bond acceptors (Lipinski definition) is 8. The molecule has 2 fully saturated rings. The number of non-ortho nitro benzene ring substituents is 1. The fraction of sp³-hybridized carbons (Fsp3) is 0.194. The van der Waals surface area contributed by atoms with Crippen molar-refractivity contribution in [3.05, 3.63) is 114 Å². The van der Waals surface area contributed by atoms with Crippen LogP contribution in [0.1, 0.15) is 31.1 Å². The fourth-order valence-corrected chi connectivity index (χ4v) is 9.49. The highest BCUT2D eigenvalue weighted by atomic mass is 35.5. The van der Waals surface area contributed by atoms with Gasteiger partial charge in [-0.15, -0.1) is 23.2 Å². The molecule has 1 saturated carbocycles. The molecule has 50 heavy (non-hydrogen) atoms. The van der Waals surface area contributed by atoms with Crippen LogP contribution in [0.25, 0.3) is 0 Å². The monoisotopic (exact) mass is 837 g/mol. The number of alkyl halides is 4. The van der Waals surface area contributed by atoms with Gasteiger partial charge in [-0.1, -0.05) is 69.6 Å². The van der Waals surface area contributed by atoms with Crippen molar-refractivity contribution in [2.24, 2.45) is 11.8 Å². The van der Waals surface area contributed by atoms with E-state index in [-0.39, 0.29) is 48.2 Å². The predicted octanol–water partition coefficient (Wildman–Crippen LogP) is 7.81. The maximum absolute atomic E-state index is 14.1. The summed E-state index contributed by atoms with van der Waals surface area (Å²) in [5.41, 5.74) is -0.449. The summed E-state index contributed by atoms with van der Waals surface area (Å²) in [6.07, 6.45) is 0. The molecule has 3 aliphatic rings. The van der Waals surface area contributed by atoms with E-state index >= 15 is 0 Å². The van der Waals surface area contributed by atoms with Crippen LogP contribution in [0.4, 0.5) is 5.69 Å². The average Bonchev–Trinajstić information content (AvgIpc) is 3.46. The Bertz CT molecular complexity index is 2030. The fourth-order valence-electron chi connectivity index (χ4n) is 6.07. The third-order valence-electron chi connectivity index (χ3n) is 8.52. The normalized spacial score (nSPS) is 24.8. The summed E-state index contributed by atoms with van der Waals surface area (Å²) in [6, 6.07) is 13.6. The summed E-state index contributed by atoms with van der Waals surface area (Å²) in [5.74, 6) is -8.05. The van der Waals surface area contributed by atoms with Crippen LogP contribution in [0.5, 0.6) is 5.75 Å². The zero-order chi connectivity index (χ0) is 36.7. The number of nitro benzene ring substituents is 1. The summed E-state index contributed by atoms with van der Waals surface area (Å²) in [4.78, 5) is 74.3. The van der Waals surface area contributed by atoms with E-state index in [1.807, 2.05) is 0 Å². The number of carbonyl (C=O) groups excluding carboxylic acids is 5. The standard InChI is InChI=1S/C31H15Cl8N3O8/c32-15-5-10-18(19(33)11-15)25(44)40(41-26(45)21-22(27(41)46)30(37)24(35)23(34)29(21,36)31(30,38)39)12-20(43)13-3-8-17(9-4-13)50-28(47)14-1-6-16(7-2-14)42(48)49/h1-11,21-22H,12H2/t21-,22-,29-,30-/m1/s1. The number of imide groups is 1. The number of hydrogen-bond donors (Lipinski definition) is 0. The number of benzene rings is 3. The Morgan fingerprint density at radius 3 is 1.82 bits per heavy atom. The van der Waals surface area contributed by atoms with E-state index < -0.39 is 66.9 Å². The smallest absolute Gasteiger partial charge is 0.343 e. The molecule has 1 heterocycles. The summed E-state index contributed by atoms with van der Waals surface area (Å²) >= 11 is 51.9. The van der Waals surface area contributed by atoms with Crippen molar-refractivity contribution in [1.82, 2.24) is 10.0 Å². The van der Waals surface area contributed by atoms with Gasteiger partial charge in [0.2, 0.25) is 0 Å². The van der Waals surface area contributed by atoms with Crippen molar-refractivity contribution in [3.63, 3.8) is 0 Å². The summed E-state index contributed by atoms with van der Waals surface area (Å²) in [7, 11) is 0. The van der Waals surface area contributed by atoms with E-state index in [1.54, 1.807) is 0 Å². The van der Waals surface area contributed by atoms with Gasteiger partial charge in [0.1, 0.15) is 22.0 Å². The zero-order valence-corrected chi connectivity index (χ0v) is 30.4. The number of Topliss-reactive ketones (excluding diaryl/α,β-unsaturated/α-hetero) is 1. The number of amides is 3. The number of nitro groups is 1. The minimum Gasteiger partial charge on any atom is -0.423 e. The van der Waals surface area contributed by atoms with Crippen LogP contribution < -0.4 is 4.74 Å². The number of nitrogens with zero attached hydrogens (tertiary/aromatic N) is 3. The van der Waals surface area contributed by atoms with Crippen LogP contribution in [-0.4, -0.2) is 65.0 Å². The predicted molar refractivity (Wildman–Crippen MR) is 185 cm³/mol. The molecule has 0 radical (unpaired) electrons. The first kappa shape index (κ1) is 36.7. The minimum absolute atomic E-state index is 0.00527. The van der Waals surface area contributed by atoms with E-state index in [9.17, 15) is 34.1 Å². The van der Waals surface area contributed by atoms with Gasteiger partial charge in [0.05, 0.1) is 43.0 Å². The lowest BCUT2D eigenvalue weighted by Crippen LogP contribution is -2.56. The quantitative estimate of drug-likeness (QED) is 0.0425. The lowest BCUT2D eigenvalue weighted by atomic mass is 9.84. The van der Waals surface area contributed by atoms with Crippen LogP contribution in [0, 0.1) is 22.0 Å². The Hall–Kier alpha value is -3.13. The number of rotatable bonds is 8. The van der Waals surface area contributed by atoms with Crippen molar-refractivity contribution in [2.75, 3.05) is 6.54 Å². The molecule has 4 atom stereocenters. The Kier molecular flexibility index (Phi) is 9.40. The van der Waals surface area contributed by atoms with Crippen LogP contribution in [-0.2, 0) is 9.59 Å². The molecule has 0 aromatic heterocycles. The number of hydrazine groups is 1. The maximum Gasteiger partial charge on any atom is 0.343 e. The van der Waals surface area contributed by atoms with Gasteiger partial charge in [-0.25, -0.2) is 9.80 Å². The summed E-state index contributed by atoms with van der Waals surface area (Å²) in [5, 5.41) is 11.2. The van der Waals surface area contributed by atoms with Crippen molar-refractivity contribution in [1.29, 1.82) is 0 Å². The first-order valence-corrected chi connectivity index (χ1v) is 17.0. The molecule has 6 rings (SSSR count). The second-order valence-electron chi connectivity index (χ2n) is 11.2. The molecule has 3 aromatic carbocycles. The topological polar surface area (TPSA) is 144 Å². The number of esters is 1. The molecule has 2 bridgehead atoms. The molecule has 0 N–H and O–H groups in total. The van der Waals surface area contributed by atoms with E-state index in [1.165, 1.54) is 54.6 Å². The Morgan fingerprint density at radius 1 is 0.800 bits per heavy atom. The lowest BCUT2D eigenvalue weighted by Gasteiger charge is -2.36. The third kappa shape index (κ3) is 5.28. The van der Waals surface area contributed by atoms with Gasteiger partial charge in [0.25, 0.3) is 23.4 Å².